The number of hydrogen-bond donors (Lipinski definition) is 1. The van der Waals surface area contributed by atoms with Crippen molar-refractivity contribution in [1.82, 2.24) is 5.32 Å². The van der Waals surface area contributed by atoms with E-state index in [1.54, 1.807) is 0 Å². The van der Waals surface area contributed by atoms with Gasteiger partial charge in [0.15, 0.2) is 6.61 Å². The molecule has 0 aliphatic carbocycles. The summed E-state index contributed by atoms with van der Waals surface area (Å²) in [4.78, 5) is 22.2. The molecule has 9 nitrogen and oxygen atoms in total. The Bertz CT molecular complexity index is 1250. The Labute approximate surface area is 263 Å². The number of alkyl carbamates (subject to hydrolysis) is 1. The van der Waals surface area contributed by atoms with Crippen molar-refractivity contribution < 1.29 is 139 Å². The lowest BCUT2D eigenvalue weighted by Gasteiger charge is -2.37. The van der Waals surface area contributed by atoms with E-state index >= 15 is 0 Å². The van der Waals surface area contributed by atoms with Gasteiger partial charge >= 0.3 is 79.0 Å². The van der Waals surface area contributed by atoms with Crippen molar-refractivity contribution in [1.29, 1.82) is 0 Å². The zero-order chi connectivity index (χ0) is 41.3. The molecule has 0 aliphatic heterocycles. The SMILES string of the molecule is C=C(C)C(=O)OCCNC(=O)OCC(F)(F)OC(F)(F)C(F)(F)OC(F)(F)C(F)(F)OC(F)(F)C(F)(F)OC(F)(F)C(F)(F)C(F)(F)C(F)(F)F. The molecule has 0 aliphatic rings. The van der Waals surface area contributed by atoms with E-state index in [1.165, 1.54) is 14.8 Å². The standard InChI is InChI=1S/C19H12F23NO8/c1-6(2)7(44)46-4-3-43-8(45)47-5-9(20,21)48-14(31,32)15(33,34)50-18(39,40)19(41,42)51-17(37,38)16(35,36)49-13(29,30)11(24,25)10(22,23)12(26,27)28/h1,3-5H2,2H3,(H,43,45). The van der Waals surface area contributed by atoms with Gasteiger partial charge in [0.2, 0.25) is 0 Å². The van der Waals surface area contributed by atoms with Gasteiger partial charge in [0.05, 0.1) is 6.54 Å². The fraction of sp³-hybridized carbons (Fsp3) is 0.789. The second-order valence-corrected chi connectivity index (χ2v) is 8.73. The van der Waals surface area contributed by atoms with Crippen molar-refractivity contribution in [2.75, 3.05) is 19.8 Å². The maximum absolute atomic E-state index is 13.5. The summed E-state index contributed by atoms with van der Waals surface area (Å²) in [7, 11) is 0. The van der Waals surface area contributed by atoms with Crippen LogP contribution in [0.3, 0.4) is 0 Å². The highest BCUT2D eigenvalue weighted by Crippen LogP contribution is 2.57. The second kappa shape index (κ2) is 14.6. The van der Waals surface area contributed by atoms with Crippen molar-refractivity contribution in [2.45, 2.75) is 73.8 Å². The van der Waals surface area contributed by atoms with Crippen LogP contribution in [-0.2, 0) is 33.2 Å². The molecule has 0 aromatic carbocycles. The molecule has 0 bridgehead atoms. The Hall–Kier alpha value is -3.29. The van der Waals surface area contributed by atoms with Gasteiger partial charge in [0, 0.05) is 5.57 Å². The number of halogens is 23. The third-order valence-corrected chi connectivity index (χ3v) is 4.50. The van der Waals surface area contributed by atoms with Crippen molar-refractivity contribution >= 4 is 12.1 Å². The molecule has 0 unspecified atom stereocenters. The number of carbonyl (C=O) groups is 2. The molecule has 1 N–H and O–H groups in total. The number of alkyl halides is 23. The van der Waals surface area contributed by atoms with Crippen LogP contribution in [0.5, 0.6) is 0 Å². The minimum atomic E-state index is -8.38. The first-order valence-electron chi connectivity index (χ1n) is 11.4. The predicted octanol–water partition coefficient (Wildman–Crippen LogP) is 7.47. The van der Waals surface area contributed by atoms with Crippen LogP contribution in [0.15, 0.2) is 12.2 Å². The Morgan fingerprint density at radius 3 is 1.18 bits per heavy atom. The first-order valence-corrected chi connectivity index (χ1v) is 11.4. The van der Waals surface area contributed by atoms with Gasteiger partial charge in [-0.3, -0.25) is 0 Å². The number of rotatable bonds is 19. The molecule has 0 saturated heterocycles. The molecule has 0 spiro atoms. The molecule has 0 heterocycles. The van der Waals surface area contributed by atoms with E-state index in [1.807, 2.05) is 4.74 Å². The molecule has 302 valence electrons. The number of amides is 1. The van der Waals surface area contributed by atoms with Gasteiger partial charge in [-0.2, -0.15) is 101 Å². The summed E-state index contributed by atoms with van der Waals surface area (Å²) in [5.74, 6) is -17.6. The number of esters is 1. The Morgan fingerprint density at radius 1 is 0.510 bits per heavy atom. The number of ether oxygens (including phenoxy) is 6. The van der Waals surface area contributed by atoms with Crippen molar-refractivity contribution in [3.05, 3.63) is 12.2 Å². The Kier molecular flexibility index (Phi) is 13.7. The van der Waals surface area contributed by atoms with Crippen LogP contribution in [0, 0.1) is 0 Å². The summed E-state index contributed by atoms with van der Waals surface area (Å²) in [6.07, 6.45) is -71.7. The predicted molar refractivity (Wildman–Crippen MR) is 105 cm³/mol. The number of carbonyl (C=O) groups excluding carboxylic acids is 2. The quantitative estimate of drug-likeness (QED) is 0.0621. The molecule has 0 aromatic rings. The summed E-state index contributed by atoms with van der Waals surface area (Å²) in [5.41, 5.74) is -0.186. The highest BCUT2D eigenvalue weighted by Gasteiger charge is 2.86. The van der Waals surface area contributed by atoms with Crippen LogP contribution in [0.4, 0.5) is 106 Å². The topological polar surface area (TPSA) is 102 Å². The molecule has 0 saturated carbocycles. The molecular formula is C19H12F23NO8. The minimum Gasteiger partial charge on any atom is -0.460 e. The van der Waals surface area contributed by atoms with Crippen LogP contribution in [0.25, 0.3) is 0 Å². The average Bonchev–Trinajstić information content (AvgIpc) is 2.86. The second-order valence-electron chi connectivity index (χ2n) is 8.73. The highest BCUT2D eigenvalue weighted by atomic mass is 19.4. The first kappa shape index (κ1) is 47.7. The molecule has 0 aromatic heterocycles. The molecule has 32 heteroatoms. The molecule has 0 rings (SSSR count). The molecule has 1 amide bonds. The van der Waals surface area contributed by atoms with E-state index in [4.69, 9.17) is 0 Å². The largest absolute Gasteiger partial charge is 0.460 e. The number of hydrogen-bond acceptors (Lipinski definition) is 8. The van der Waals surface area contributed by atoms with E-state index in [9.17, 15) is 111 Å². The van der Waals surface area contributed by atoms with Crippen LogP contribution >= 0.6 is 0 Å². The first-order chi connectivity index (χ1) is 22.0. The van der Waals surface area contributed by atoms with Crippen molar-refractivity contribution in [2.24, 2.45) is 0 Å². The van der Waals surface area contributed by atoms with Gasteiger partial charge in [0.25, 0.3) is 0 Å². The van der Waals surface area contributed by atoms with Gasteiger partial charge in [-0.25, -0.2) is 28.5 Å². The van der Waals surface area contributed by atoms with Gasteiger partial charge < -0.3 is 14.8 Å². The van der Waals surface area contributed by atoms with E-state index in [0.717, 1.165) is 11.7 Å². The van der Waals surface area contributed by atoms with Gasteiger partial charge in [-0.05, 0) is 6.92 Å². The summed E-state index contributed by atoms with van der Waals surface area (Å²) >= 11 is 0. The lowest BCUT2D eigenvalue weighted by Crippen LogP contribution is -2.65. The van der Waals surface area contributed by atoms with Crippen LogP contribution < -0.4 is 5.32 Å². The molecule has 0 fully saturated rings. The minimum absolute atomic E-state index is 0.186. The average molecular weight is 819 g/mol. The monoisotopic (exact) mass is 819 g/mol. The summed E-state index contributed by atoms with van der Waals surface area (Å²) in [6, 6.07) is 0. The normalized spacial score (nSPS) is 15.1. The highest BCUT2D eigenvalue weighted by molar-refractivity contribution is 5.86. The zero-order valence-electron chi connectivity index (χ0n) is 23.3. The fourth-order valence-electron chi connectivity index (χ4n) is 2.10. The number of nitrogens with one attached hydrogen (secondary N) is 1. The summed E-state index contributed by atoms with van der Waals surface area (Å²) in [5, 5.41) is 1.46. The Morgan fingerprint density at radius 2 is 0.843 bits per heavy atom. The fourth-order valence-corrected chi connectivity index (χ4v) is 2.10. The Balaban J connectivity index is 5.86. The van der Waals surface area contributed by atoms with Crippen molar-refractivity contribution in [3.8, 4) is 0 Å². The smallest absolute Gasteiger partial charge is 0.460 e. The molecule has 0 radical (unpaired) electrons. The van der Waals surface area contributed by atoms with Gasteiger partial charge in [-0.1, -0.05) is 6.58 Å². The van der Waals surface area contributed by atoms with Gasteiger partial charge in [0.1, 0.15) is 6.61 Å². The maximum Gasteiger partial charge on any atom is 0.460 e. The van der Waals surface area contributed by atoms with E-state index in [0.29, 0.717) is 0 Å². The van der Waals surface area contributed by atoms with E-state index in [-0.39, 0.29) is 5.57 Å². The molecule has 0 atom stereocenters. The van der Waals surface area contributed by atoms with Crippen LogP contribution in [0.1, 0.15) is 6.92 Å². The zero-order valence-corrected chi connectivity index (χ0v) is 23.3. The third-order valence-electron chi connectivity index (χ3n) is 4.50. The van der Waals surface area contributed by atoms with E-state index in [2.05, 4.69) is 16.1 Å². The van der Waals surface area contributed by atoms with Crippen LogP contribution in [-0.4, -0.2) is 98.7 Å². The molecule has 51 heavy (non-hydrogen) atoms. The maximum atomic E-state index is 13.5. The molecular weight excluding hydrogens is 807 g/mol. The summed E-state index contributed by atoms with van der Waals surface area (Å²) < 4.78 is 316. The van der Waals surface area contributed by atoms with Crippen LogP contribution in [0.2, 0.25) is 0 Å². The summed E-state index contributed by atoms with van der Waals surface area (Å²) in [6.45, 7) is -0.180. The lowest BCUT2D eigenvalue weighted by molar-refractivity contribution is -0.583. The van der Waals surface area contributed by atoms with E-state index < -0.39 is 98.7 Å². The van der Waals surface area contributed by atoms with Crippen molar-refractivity contribution in [3.63, 3.8) is 0 Å². The lowest BCUT2D eigenvalue weighted by atomic mass is 10.1. The third kappa shape index (κ3) is 11.1. The van der Waals surface area contributed by atoms with Gasteiger partial charge in [-0.15, -0.1) is 0 Å².